The van der Waals surface area contributed by atoms with Gasteiger partial charge in [-0.2, -0.15) is 11.8 Å². The third kappa shape index (κ3) is 2.95. The molecule has 0 fully saturated rings. The number of benzene rings is 1. The van der Waals surface area contributed by atoms with Gasteiger partial charge in [0.1, 0.15) is 5.82 Å². The largest absolute Gasteiger partial charge is 0.399 e. The van der Waals surface area contributed by atoms with Crippen molar-refractivity contribution in [1.82, 2.24) is 9.55 Å². The van der Waals surface area contributed by atoms with Crippen LogP contribution in [0.5, 0.6) is 0 Å². The zero-order valence-corrected chi connectivity index (χ0v) is 13.9. The van der Waals surface area contributed by atoms with E-state index in [0.717, 1.165) is 28.5 Å². The second-order valence-electron chi connectivity index (χ2n) is 6.31. The van der Waals surface area contributed by atoms with Gasteiger partial charge in [-0.05, 0) is 30.9 Å². The Morgan fingerprint density at radius 1 is 1.35 bits per heavy atom. The maximum atomic E-state index is 5.90. The Hall–Kier alpha value is -1.16. The predicted octanol–water partition coefficient (Wildman–Crippen LogP) is 4.23. The minimum Gasteiger partial charge on any atom is -0.399 e. The van der Waals surface area contributed by atoms with Crippen molar-refractivity contribution in [2.24, 2.45) is 0 Å². The SMILES string of the molecule is CCSCC(C)n1c(C(C)(C)C)nc2cc(N)ccc21. The first-order chi connectivity index (χ1) is 9.34. The smallest absolute Gasteiger partial charge is 0.115 e. The highest BCUT2D eigenvalue weighted by Crippen LogP contribution is 2.31. The van der Waals surface area contributed by atoms with Crippen molar-refractivity contribution in [2.75, 3.05) is 17.2 Å². The van der Waals surface area contributed by atoms with Crippen molar-refractivity contribution in [3.8, 4) is 0 Å². The molecule has 0 radical (unpaired) electrons. The van der Waals surface area contributed by atoms with Gasteiger partial charge >= 0.3 is 0 Å². The van der Waals surface area contributed by atoms with Gasteiger partial charge in [0, 0.05) is 22.9 Å². The summed E-state index contributed by atoms with van der Waals surface area (Å²) in [5.74, 6) is 3.40. The number of imidazole rings is 1. The molecule has 0 bridgehead atoms. The van der Waals surface area contributed by atoms with E-state index in [1.54, 1.807) is 0 Å². The Balaban J connectivity index is 2.58. The number of fused-ring (bicyclic) bond motifs is 1. The fraction of sp³-hybridized carbons (Fsp3) is 0.562. The van der Waals surface area contributed by atoms with Gasteiger partial charge in [-0.3, -0.25) is 0 Å². The topological polar surface area (TPSA) is 43.8 Å². The predicted molar refractivity (Wildman–Crippen MR) is 90.6 cm³/mol. The van der Waals surface area contributed by atoms with Gasteiger partial charge in [0.05, 0.1) is 11.0 Å². The molecule has 1 aromatic heterocycles. The van der Waals surface area contributed by atoms with Crippen LogP contribution in [-0.4, -0.2) is 21.1 Å². The molecule has 0 aliphatic heterocycles. The van der Waals surface area contributed by atoms with Gasteiger partial charge in [-0.25, -0.2) is 4.98 Å². The number of thioether (sulfide) groups is 1. The van der Waals surface area contributed by atoms with Gasteiger partial charge in [0.2, 0.25) is 0 Å². The van der Waals surface area contributed by atoms with Gasteiger partial charge in [0.25, 0.3) is 0 Å². The average molecular weight is 291 g/mol. The summed E-state index contributed by atoms with van der Waals surface area (Å²) in [6.07, 6.45) is 0. The highest BCUT2D eigenvalue weighted by Gasteiger charge is 2.25. The molecule has 0 saturated carbocycles. The third-order valence-electron chi connectivity index (χ3n) is 3.39. The number of hydrogen-bond donors (Lipinski definition) is 1. The summed E-state index contributed by atoms with van der Waals surface area (Å²) in [7, 11) is 0. The molecule has 20 heavy (non-hydrogen) atoms. The highest BCUT2D eigenvalue weighted by atomic mass is 32.2. The molecule has 2 rings (SSSR count). The Morgan fingerprint density at radius 2 is 2.05 bits per heavy atom. The molecular weight excluding hydrogens is 266 g/mol. The van der Waals surface area contributed by atoms with E-state index in [1.165, 1.54) is 5.52 Å². The maximum absolute atomic E-state index is 5.90. The second kappa shape index (κ2) is 5.68. The first kappa shape index (κ1) is 15.2. The van der Waals surface area contributed by atoms with Gasteiger partial charge in [-0.15, -0.1) is 0 Å². The van der Waals surface area contributed by atoms with Crippen LogP contribution in [0.4, 0.5) is 5.69 Å². The molecule has 110 valence electrons. The molecule has 0 aliphatic carbocycles. The minimum absolute atomic E-state index is 0.0267. The van der Waals surface area contributed by atoms with E-state index in [1.807, 2.05) is 23.9 Å². The zero-order valence-electron chi connectivity index (χ0n) is 13.1. The maximum Gasteiger partial charge on any atom is 0.115 e. The lowest BCUT2D eigenvalue weighted by atomic mass is 9.95. The lowest BCUT2D eigenvalue weighted by Crippen LogP contribution is -2.22. The monoisotopic (exact) mass is 291 g/mol. The number of aromatic nitrogens is 2. The van der Waals surface area contributed by atoms with E-state index in [4.69, 9.17) is 10.7 Å². The molecule has 2 N–H and O–H groups in total. The van der Waals surface area contributed by atoms with Gasteiger partial charge < -0.3 is 10.3 Å². The molecule has 1 heterocycles. The molecule has 1 atom stereocenters. The van der Waals surface area contributed by atoms with E-state index < -0.39 is 0 Å². The first-order valence-corrected chi connectivity index (χ1v) is 8.35. The van der Waals surface area contributed by atoms with Crippen LogP contribution in [0, 0.1) is 0 Å². The van der Waals surface area contributed by atoms with E-state index >= 15 is 0 Å². The number of hydrogen-bond acceptors (Lipinski definition) is 3. The second-order valence-corrected chi connectivity index (χ2v) is 7.63. The minimum atomic E-state index is 0.0267. The standard InChI is InChI=1S/C16H25N3S/c1-6-20-10-11(2)19-14-8-7-12(17)9-13(14)18-15(19)16(3,4)5/h7-9,11H,6,10,17H2,1-5H3. The molecule has 1 aromatic carbocycles. The Kier molecular flexibility index (Phi) is 4.33. The van der Waals surface area contributed by atoms with Crippen LogP contribution in [0.3, 0.4) is 0 Å². The van der Waals surface area contributed by atoms with Crippen molar-refractivity contribution in [1.29, 1.82) is 0 Å². The number of anilines is 1. The molecule has 4 heteroatoms. The van der Waals surface area contributed by atoms with E-state index in [0.29, 0.717) is 6.04 Å². The molecule has 0 aliphatic rings. The average Bonchev–Trinajstić information content (AvgIpc) is 2.74. The van der Waals surface area contributed by atoms with Crippen molar-refractivity contribution in [3.05, 3.63) is 24.0 Å². The van der Waals surface area contributed by atoms with Crippen LogP contribution in [0.15, 0.2) is 18.2 Å². The van der Waals surface area contributed by atoms with Crippen molar-refractivity contribution in [3.63, 3.8) is 0 Å². The number of rotatable bonds is 4. The van der Waals surface area contributed by atoms with E-state index in [9.17, 15) is 0 Å². The van der Waals surface area contributed by atoms with Crippen molar-refractivity contribution >= 4 is 28.5 Å². The molecule has 0 amide bonds. The third-order valence-corrected chi connectivity index (χ3v) is 4.51. The van der Waals surface area contributed by atoms with Crippen LogP contribution in [-0.2, 0) is 5.41 Å². The first-order valence-electron chi connectivity index (χ1n) is 7.20. The summed E-state index contributed by atoms with van der Waals surface area (Å²) in [6, 6.07) is 6.47. The van der Waals surface area contributed by atoms with Crippen LogP contribution < -0.4 is 5.73 Å². The molecule has 0 saturated heterocycles. The zero-order chi connectivity index (χ0) is 14.9. The molecule has 3 nitrogen and oxygen atoms in total. The summed E-state index contributed by atoms with van der Waals surface area (Å²) in [5.41, 5.74) is 8.89. The van der Waals surface area contributed by atoms with Crippen molar-refractivity contribution < 1.29 is 0 Å². The number of nitrogen functional groups attached to an aromatic ring is 1. The Labute approximate surface area is 125 Å². The fourth-order valence-electron chi connectivity index (χ4n) is 2.45. The van der Waals surface area contributed by atoms with E-state index in [-0.39, 0.29) is 5.41 Å². The Bertz CT molecular complexity index is 596. The van der Waals surface area contributed by atoms with E-state index in [2.05, 4.69) is 45.3 Å². The Morgan fingerprint density at radius 3 is 2.65 bits per heavy atom. The van der Waals surface area contributed by atoms with Gasteiger partial charge in [0.15, 0.2) is 0 Å². The van der Waals surface area contributed by atoms with Gasteiger partial charge in [-0.1, -0.05) is 27.7 Å². The van der Waals surface area contributed by atoms with Crippen LogP contribution in [0.1, 0.15) is 46.5 Å². The highest BCUT2D eigenvalue weighted by molar-refractivity contribution is 7.99. The summed E-state index contributed by atoms with van der Waals surface area (Å²) in [5, 5.41) is 0. The number of nitrogens with zero attached hydrogens (tertiary/aromatic N) is 2. The van der Waals surface area contributed by atoms with Crippen LogP contribution in [0.2, 0.25) is 0 Å². The molecule has 1 unspecified atom stereocenters. The normalized spacial score (nSPS) is 13.8. The number of nitrogens with two attached hydrogens (primary N) is 1. The quantitative estimate of drug-likeness (QED) is 0.857. The lowest BCUT2D eigenvalue weighted by molar-refractivity contribution is 0.480. The summed E-state index contributed by atoms with van der Waals surface area (Å²) >= 11 is 1.97. The molecular formula is C16H25N3S. The fourth-order valence-corrected chi connectivity index (χ4v) is 3.18. The summed E-state index contributed by atoms with van der Waals surface area (Å²) in [4.78, 5) is 4.85. The molecule has 0 spiro atoms. The molecule has 2 aromatic rings. The van der Waals surface area contributed by atoms with Crippen molar-refractivity contribution in [2.45, 2.75) is 46.1 Å². The summed E-state index contributed by atoms with van der Waals surface area (Å²) < 4.78 is 2.39. The van der Waals surface area contributed by atoms with Crippen LogP contribution in [0.25, 0.3) is 11.0 Å². The lowest BCUT2D eigenvalue weighted by Gasteiger charge is -2.24. The van der Waals surface area contributed by atoms with Crippen LogP contribution >= 0.6 is 11.8 Å². The summed E-state index contributed by atoms with van der Waals surface area (Å²) in [6.45, 7) is 11.1.